The van der Waals surface area contributed by atoms with Crippen molar-refractivity contribution in [3.8, 4) is 0 Å². The van der Waals surface area contributed by atoms with Crippen LogP contribution in [0, 0.1) is 5.92 Å². The predicted octanol–water partition coefficient (Wildman–Crippen LogP) is 1.69. The topological polar surface area (TPSA) is 59.5 Å². The first kappa shape index (κ1) is 13.8. The number of anilines is 1. The molecule has 1 aromatic rings. The Hall–Kier alpha value is -1.62. The number of aromatic nitrogens is 1. The van der Waals surface area contributed by atoms with Crippen LogP contribution in [-0.2, 0) is 14.3 Å². The molecule has 0 radical (unpaired) electrons. The number of carbonyl (C=O) groups excluding carboxylic acids is 2. The van der Waals surface area contributed by atoms with Gasteiger partial charge in [0.2, 0.25) is 0 Å². The van der Waals surface area contributed by atoms with Gasteiger partial charge >= 0.3 is 5.97 Å². The van der Waals surface area contributed by atoms with Gasteiger partial charge in [0.15, 0.2) is 5.78 Å². The third kappa shape index (κ3) is 3.04. The highest BCUT2D eigenvalue weighted by atomic mass is 35.5. The lowest BCUT2D eigenvalue weighted by atomic mass is 9.95. The third-order valence-electron chi connectivity index (χ3n) is 3.03. The number of ketones is 1. The van der Waals surface area contributed by atoms with Crippen LogP contribution in [0.4, 0.5) is 5.82 Å². The normalized spacial score (nSPS) is 19.4. The Bertz CT molecular complexity index is 493. The lowest BCUT2D eigenvalue weighted by Gasteiger charge is -2.31. The summed E-state index contributed by atoms with van der Waals surface area (Å²) in [7, 11) is 0. The Balaban J connectivity index is 2.06. The molecule has 1 fully saturated rings. The average molecular weight is 283 g/mol. The minimum atomic E-state index is -0.654. The number of piperidine rings is 1. The molecular formula is C13H15ClN2O3. The monoisotopic (exact) mass is 282 g/mol. The van der Waals surface area contributed by atoms with Crippen LogP contribution >= 0.6 is 11.6 Å². The van der Waals surface area contributed by atoms with Gasteiger partial charge in [-0.25, -0.2) is 4.98 Å². The zero-order valence-corrected chi connectivity index (χ0v) is 11.4. The molecule has 2 heterocycles. The number of Topliss-reactive ketones (excluding diaryl/α,β-unsaturated/α-hetero) is 1. The quantitative estimate of drug-likeness (QED) is 0.624. The summed E-state index contributed by atoms with van der Waals surface area (Å²) in [6.07, 6.45) is 2.06. The molecule has 0 amide bonds. The van der Waals surface area contributed by atoms with E-state index in [0.717, 1.165) is 0 Å². The number of pyridine rings is 1. The smallest absolute Gasteiger partial charge is 0.316 e. The van der Waals surface area contributed by atoms with Crippen molar-refractivity contribution < 1.29 is 14.3 Å². The number of esters is 1. The standard InChI is InChI=1S/C13H15ClN2O3/c1-2-19-13(18)9-5-7-16(8-11(9)17)12-10(14)4-3-6-15-12/h3-4,6,9H,2,5,7-8H2,1H3. The van der Waals surface area contributed by atoms with Crippen LogP contribution in [0.5, 0.6) is 0 Å². The van der Waals surface area contributed by atoms with Crippen molar-refractivity contribution in [1.29, 1.82) is 0 Å². The summed E-state index contributed by atoms with van der Waals surface area (Å²) >= 11 is 6.05. The molecule has 1 unspecified atom stereocenters. The largest absolute Gasteiger partial charge is 0.465 e. The van der Waals surface area contributed by atoms with Gasteiger partial charge in [0.25, 0.3) is 0 Å². The summed E-state index contributed by atoms with van der Waals surface area (Å²) in [4.78, 5) is 29.6. The second kappa shape index (κ2) is 6.02. The first-order valence-electron chi connectivity index (χ1n) is 6.18. The summed E-state index contributed by atoms with van der Waals surface area (Å²) < 4.78 is 4.90. The summed E-state index contributed by atoms with van der Waals surface area (Å²) in [5.74, 6) is -0.649. The Morgan fingerprint density at radius 1 is 1.63 bits per heavy atom. The summed E-state index contributed by atoms with van der Waals surface area (Å²) in [5, 5.41) is 0.505. The van der Waals surface area contributed by atoms with Gasteiger partial charge in [-0.3, -0.25) is 9.59 Å². The van der Waals surface area contributed by atoms with E-state index in [2.05, 4.69) is 4.98 Å². The second-order valence-electron chi connectivity index (χ2n) is 4.29. The van der Waals surface area contributed by atoms with E-state index in [1.807, 2.05) is 0 Å². The van der Waals surface area contributed by atoms with Gasteiger partial charge in [-0.2, -0.15) is 0 Å². The highest BCUT2D eigenvalue weighted by molar-refractivity contribution is 6.33. The van der Waals surface area contributed by atoms with Crippen LogP contribution in [0.15, 0.2) is 18.3 Å². The molecule has 0 saturated carbocycles. The molecule has 2 rings (SSSR count). The molecule has 0 aromatic carbocycles. The van der Waals surface area contributed by atoms with E-state index < -0.39 is 11.9 Å². The number of rotatable bonds is 3. The van der Waals surface area contributed by atoms with Crippen LogP contribution < -0.4 is 4.90 Å². The molecular weight excluding hydrogens is 268 g/mol. The molecule has 0 N–H and O–H groups in total. The Morgan fingerprint density at radius 3 is 3.05 bits per heavy atom. The number of halogens is 1. The van der Waals surface area contributed by atoms with Crippen molar-refractivity contribution in [2.45, 2.75) is 13.3 Å². The van der Waals surface area contributed by atoms with Gasteiger partial charge in [-0.05, 0) is 25.5 Å². The van der Waals surface area contributed by atoms with E-state index in [-0.39, 0.29) is 12.3 Å². The lowest BCUT2D eigenvalue weighted by Crippen LogP contribution is -2.44. The Labute approximate surface area is 116 Å². The van der Waals surface area contributed by atoms with E-state index in [1.165, 1.54) is 0 Å². The maximum absolute atomic E-state index is 12.0. The Kier molecular flexibility index (Phi) is 4.37. The fraction of sp³-hybridized carbons (Fsp3) is 0.462. The minimum Gasteiger partial charge on any atom is -0.465 e. The summed E-state index contributed by atoms with van der Waals surface area (Å²) in [5.41, 5.74) is 0. The van der Waals surface area contributed by atoms with Crippen molar-refractivity contribution in [2.24, 2.45) is 5.92 Å². The molecule has 0 spiro atoms. The SMILES string of the molecule is CCOC(=O)C1CCN(c2ncccc2Cl)CC1=O. The fourth-order valence-electron chi connectivity index (χ4n) is 2.11. The number of nitrogens with zero attached hydrogens (tertiary/aromatic N) is 2. The molecule has 0 aliphatic carbocycles. The number of hydrogen-bond donors (Lipinski definition) is 0. The van der Waals surface area contributed by atoms with Gasteiger partial charge in [0.05, 0.1) is 18.2 Å². The van der Waals surface area contributed by atoms with E-state index in [4.69, 9.17) is 16.3 Å². The molecule has 1 aliphatic heterocycles. The van der Waals surface area contributed by atoms with Crippen LogP contribution in [-0.4, -0.2) is 36.4 Å². The van der Waals surface area contributed by atoms with E-state index in [9.17, 15) is 9.59 Å². The maximum Gasteiger partial charge on any atom is 0.316 e. The fourth-order valence-corrected chi connectivity index (χ4v) is 2.35. The average Bonchev–Trinajstić information content (AvgIpc) is 2.39. The van der Waals surface area contributed by atoms with E-state index in [0.29, 0.717) is 30.4 Å². The molecule has 102 valence electrons. The van der Waals surface area contributed by atoms with Gasteiger partial charge in [-0.15, -0.1) is 0 Å². The maximum atomic E-state index is 12.0. The Morgan fingerprint density at radius 2 is 2.42 bits per heavy atom. The van der Waals surface area contributed by atoms with Gasteiger partial charge in [0.1, 0.15) is 11.7 Å². The van der Waals surface area contributed by atoms with Crippen molar-refractivity contribution >= 4 is 29.2 Å². The van der Waals surface area contributed by atoms with Crippen molar-refractivity contribution in [1.82, 2.24) is 4.98 Å². The molecule has 1 aromatic heterocycles. The van der Waals surface area contributed by atoms with Gasteiger partial charge in [0, 0.05) is 12.7 Å². The lowest BCUT2D eigenvalue weighted by molar-refractivity contribution is -0.152. The van der Waals surface area contributed by atoms with Gasteiger partial charge in [-0.1, -0.05) is 11.6 Å². The molecule has 0 bridgehead atoms. The molecule has 1 aliphatic rings. The summed E-state index contributed by atoms with van der Waals surface area (Å²) in [6, 6.07) is 3.46. The van der Waals surface area contributed by atoms with Crippen LogP contribution in [0.3, 0.4) is 0 Å². The van der Waals surface area contributed by atoms with Crippen molar-refractivity contribution in [2.75, 3.05) is 24.6 Å². The zero-order chi connectivity index (χ0) is 13.8. The van der Waals surface area contributed by atoms with Crippen LogP contribution in [0.2, 0.25) is 5.02 Å². The van der Waals surface area contributed by atoms with Crippen molar-refractivity contribution in [3.05, 3.63) is 23.4 Å². The van der Waals surface area contributed by atoms with Gasteiger partial charge < -0.3 is 9.64 Å². The number of hydrogen-bond acceptors (Lipinski definition) is 5. The number of ether oxygens (including phenoxy) is 1. The number of carbonyl (C=O) groups is 2. The first-order chi connectivity index (χ1) is 9.13. The highest BCUT2D eigenvalue weighted by Gasteiger charge is 2.34. The molecule has 6 heteroatoms. The predicted molar refractivity (Wildman–Crippen MR) is 71.2 cm³/mol. The van der Waals surface area contributed by atoms with Crippen LogP contribution in [0.25, 0.3) is 0 Å². The second-order valence-corrected chi connectivity index (χ2v) is 4.70. The van der Waals surface area contributed by atoms with Crippen molar-refractivity contribution in [3.63, 3.8) is 0 Å². The van der Waals surface area contributed by atoms with E-state index in [1.54, 1.807) is 30.2 Å². The summed E-state index contributed by atoms with van der Waals surface area (Å²) in [6.45, 7) is 2.72. The molecule has 1 saturated heterocycles. The molecule has 19 heavy (non-hydrogen) atoms. The molecule has 5 nitrogen and oxygen atoms in total. The minimum absolute atomic E-state index is 0.139. The first-order valence-corrected chi connectivity index (χ1v) is 6.56. The molecule has 1 atom stereocenters. The zero-order valence-electron chi connectivity index (χ0n) is 10.6. The van der Waals surface area contributed by atoms with E-state index >= 15 is 0 Å². The third-order valence-corrected chi connectivity index (χ3v) is 3.33. The van der Waals surface area contributed by atoms with Crippen LogP contribution in [0.1, 0.15) is 13.3 Å². The highest BCUT2D eigenvalue weighted by Crippen LogP contribution is 2.26.